The van der Waals surface area contributed by atoms with Gasteiger partial charge in [-0.3, -0.25) is 4.98 Å². The topological polar surface area (TPSA) is 22.1 Å². The fourth-order valence-corrected chi connectivity index (χ4v) is 2.25. The van der Waals surface area contributed by atoms with Gasteiger partial charge in [-0.15, -0.1) is 11.6 Å². The van der Waals surface area contributed by atoms with Crippen molar-refractivity contribution in [2.45, 2.75) is 39.0 Å². The first-order valence-electron chi connectivity index (χ1n) is 6.69. The van der Waals surface area contributed by atoms with Crippen LogP contribution in [0.5, 0.6) is 11.5 Å². The Morgan fingerprint density at radius 2 is 1.90 bits per heavy atom. The molecule has 0 spiro atoms. The van der Waals surface area contributed by atoms with Crippen LogP contribution in [0.15, 0.2) is 36.7 Å². The van der Waals surface area contributed by atoms with Gasteiger partial charge in [-0.25, -0.2) is 0 Å². The van der Waals surface area contributed by atoms with Crippen molar-refractivity contribution in [1.29, 1.82) is 0 Å². The van der Waals surface area contributed by atoms with Gasteiger partial charge in [0, 0.05) is 23.5 Å². The summed E-state index contributed by atoms with van der Waals surface area (Å²) in [6.45, 7) is 8.65. The lowest BCUT2D eigenvalue weighted by Crippen LogP contribution is -2.13. The third-order valence-electron chi connectivity index (χ3n) is 3.17. The molecule has 0 aliphatic heterocycles. The van der Waals surface area contributed by atoms with Crippen LogP contribution in [0.2, 0.25) is 0 Å². The minimum Gasteiger partial charge on any atom is -0.457 e. The number of halogens is 1. The number of benzene rings is 1. The van der Waals surface area contributed by atoms with Gasteiger partial charge in [0.1, 0.15) is 11.5 Å². The summed E-state index contributed by atoms with van der Waals surface area (Å²) in [5.74, 6) is 2.03. The molecule has 0 saturated carbocycles. The number of hydrogen-bond donors (Lipinski definition) is 0. The fourth-order valence-electron chi connectivity index (χ4n) is 2.05. The third-order valence-corrected chi connectivity index (χ3v) is 3.45. The van der Waals surface area contributed by atoms with Crippen molar-refractivity contribution < 1.29 is 4.74 Å². The van der Waals surface area contributed by atoms with E-state index in [1.165, 1.54) is 11.1 Å². The SMILES string of the molecule is Cc1ccc(Oc2ccncc2CCl)c(C(C)(C)C)c1. The molecule has 3 heteroatoms. The molecule has 1 aromatic carbocycles. The van der Waals surface area contributed by atoms with Crippen LogP contribution < -0.4 is 4.74 Å². The molecule has 0 saturated heterocycles. The number of aromatic nitrogens is 1. The van der Waals surface area contributed by atoms with Crippen LogP contribution in [0.4, 0.5) is 0 Å². The normalized spacial score (nSPS) is 11.4. The van der Waals surface area contributed by atoms with E-state index in [0.29, 0.717) is 5.88 Å². The van der Waals surface area contributed by atoms with Crippen molar-refractivity contribution in [3.8, 4) is 11.5 Å². The average Bonchev–Trinajstić information content (AvgIpc) is 2.40. The molecule has 2 rings (SSSR count). The van der Waals surface area contributed by atoms with Crippen molar-refractivity contribution in [3.63, 3.8) is 0 Å². The molecular formula is C17H20ClNO. The van der Waals surface area contributed by atoms with E-state index in [2.05, 4.69) is 44.8 Å². The van der Waals surface area contributed by atoms with Gasteiger partial charge in [-0.2, -0.15) is 0 Å². The van der Waals surface area contributed by atoms with E-state index in [0.717, 1.165) is 17.1 Å². The van der Waals surface area contributed by atoms with E-state index in [9.17, 15) is 0 Å². The lowest BCUT2D eigenvalue weighted by molar-refractivity contribution is 0.451. The van der Waals surface area contributed by atoms with E-state index in [1.54, 1.807) is 12.4 Å². The highest BCUT2D eigenvalue weighted by atomic mass is 35.5. The number of nitrogens with zero attached hydrogens (tertiary/aromatic N) is 1. The summed E-state index contributed by atoms with van der Waals surface area (Å²) >= 11 is 5.93. The summed E-state index contributed by atoms with van der Waals surface area (Å²) in [5.41, 5.74) is 3.34. The van der Waals surface area contributed by atoms with Gasteiger partial charge >= 0.3 is 0 Å². The van der Waals surface area contributed by atoms with Gasteiger partial charge in [-0.1, -0.05) is 38.5 Å². The van der Waals surface area contributed by atoms with Crippen molar-refractivity contribution in [3.05, 3.63) is 53.3 Å². The number of hydrogen-bond acceptors (Lipinski definition) is 2. The first kappa shape index (κ1) is 14.9. The van der Waals surface area contributed by atoms with Crippen molar-refractivity contribution in [1.82, 2.24) is 4.98 Å². The molecule has 1 heterocycles. The summed E-state index contributed by atoms with van der Waals surface area (Å²) < 4.78 is 6.09. The molecule has 0 amide bonds. The Morgan fingerprint density at radius 1 is 1.15 bits per heavy atom. The third kappa shape index (κ3) is 3.31. The van der Waals surface area contributed by atoms with Gasteiger partial charge in [0.2, 0.25) is 0 Å². The monoisotopic (exact) mass is 289 g/mol. The zero-order valence-electron chi connectivity index (χ0n) is 12.4. The predicted octanol–water partition coefficient (Wildman–Crippen LogP) is 5.22. The highest BCUT2D eigenvalue weighted by Gasteiger charge is 2.20. The Balaban J connectivity index is 2.44. The fraction of sp³-hybridized carbons (Fsp3) is 0.353. The molecule has 0 bridgehead atoms. The maximum absolute atomic E-state index is 6.09. The van der Waals surface area contributed by atoms with Gasteiger partial charge in [0.05, 0.1) is 5.88 Å². The van der Waals surface area contributed by atoms with E-state index in [4.69, 9.17) is 16.3 Å². The molecule has 0 aliphatic carbocycles. The molecule has 2 aromatic rings. The van der Waals surface area contributed by atoms with Gasteiger partial charge in [0.25, 0.3) is 0 Å². The van der Waals surface area contributed by atoms with Crippen LogP contribution in [-0.4, -0.2) is 4.98 Å². The Labute approximate surface area is 125 Å². The Morgan fingerprint density at radius 3 is 2.55 bits per heavy atom. The summed E-state index contributed by atoms with van der Waals surface area (Å²) in [5, 5.41) is 0. The van der Waals surface area contributed by atoms with E-state index in [1.807, 2.05) is 12.1 Å². The summed E-state index contributed by atoms with van der Waals surface area (Å²) in [4.78, 5) is 4.08. The molecule has 1 aromatic heterocycles. The first-order chi connectivity index (χ1) is 9.41. The van der Waals surface area contributed by atoms with Crippen LogP contribution in [0.25, 0.3) is 0 Å². The number of rotatable bonds is 3. The van der Waals surface area contributed by atoms with E-state index < -0.39 is 0 Å². The minimum absolute atomic E-state index is 0.0233. The number of ether oxygens (including phenoxy) is 1. The number of aryl methyl sites for hydroxylation is 1. The van der Waals surface area contributed by atoms with Crippen LogP contribution >= 0.6 is 11.6 Å². The van der Waals surface area contributed by atoms with Gasteiger partial charge < -0.3 is 4.74 Å². The van der Waals surface area contributed by atoms with Gasteiger partial charge in [-0.05, 0) is 24.5 Å². The Hall–Kier alpha value is -1.54. The minimum atomic E-state index is 0.0233. The second-order valence-corrected chi connectivity index (χ2v) is 6.24. The summed E-state index contributed by atoms with van der Waals surface area (Å²) in [6, 6.07) is 8.11. The molecule has 0 aliphatic rings. The van der Waals surface area contributed by atoms with Crippen molar-refractivity contribution in [2.24, 2.45) is 0 Å². The van der Waals surface area contributed by atoms with Crippen molar-refractivity contribution >= 4 is 11.6 Å². The molecule has 20 heavy (non-hydrogen) atoms. The lowest BCUT2D eigenvalue weighted by Gasteiger charge is -2.23. The zero-order chi connectivity index (χ0) is 14.8. The zero-order valence-corrected chi connectivity index (χ0v) is 13.2. The highest BCUT2D eigenvalue weighted by molar-refractivity contribution is 6.17. The molecule has 0 atom stereocenters. The quantitative estimate of drug-likeness (QED) is 0.723. The van der Waals surface area contributed by atoms with Crippen LogP contribution in [0, 0.1) is 6.92 Å². The molecule has 0 unspecified atom stereocenters. The van der Waals surface area contributed by atoms with Crippen LogP contribution in [-0.2, 0) is 11.3 Å². The maximum atomic E-state index is 6.09. The Bertz CT molecular complexity index is 602. The largest absolute Gasteiger partial charge is 0.457 e. The molecule has 0 N–H and O–H groups in total. The molecule has 2 nitrogen and oxygen atoms in total. The van der Waals surface area contributed by atoms with Gasteiger partial charge in [0.15, 0.2) is 0 Å². The molecular weight excluding hydrogens is 270 g/mol. The van der Waals surface area contributed by atoms with Crippen LogP contribution in [0.3, 0.4) is 0 Å². The average molecular weight is 290 g/mol. The number of alkyl halides is 1. The number of pyridine rings is 1. The van der Waals surface area contributed by atoms with Crippen LogP contribution in [0.1, 0.15) is 37.5 Å². The lowest BCUT2D eigenvalue weighted by atomic mass is 9.85. The molecule has 106 valence electrons. The Kier molecular flexibility index (Phi) is 4.34. The maximum Gasteiger partial charge on any atom is 0.134 e. The highest BCUT2D eigenvalue weighted by Crippen LogP contribution is 2.35. The second kappa shape index (κ2) is 5.84. The predicted molar refractivity (Wildman–Crippen MR) is 83.7 cm³/mol. The summed E-state index contributed by atoms with van der Waals surface area (Å²) in [6.07, 6.45) is 3.46. The van der Waals surface area contributed by atoms with E-state index in [-0.39, 0.29) is 5.41 Å². The standard InChI is InChI=1S/C17H20ClNO/c1-12-5-6-16(14(9-12)17(2,3)4)20-15-7-8-19-11-13(15)10-18/h5-9,11H,10H2,1-4H3. The van der Waals surface area contributed by atoms with Crippen molar-refractivity contribution in [2.75, 3.05) is 0 Å². The molecule has 0 radical (unpaired) electrons. The molecule has 0 fully saturated rings. The van der Waals surface area contributed by atoms with E-state index >= 15 is 0 Å². The first-order valence-corrected chi connectivity index (χ1v) is 7.23. The summed E-state index contributed by atoms with van der Waals surface area (Å²) in [7, 11) is 0. The second-order valence-electron chi connectivity index (χ2n) is 5.97. The smallest absolute Gasteiger partial charge is 0.134 e.